The Morgan fingerprint density at radius 2 is 0.967 bits per heavy atom. The summed E-state index contributed by atoms with van der Waals surface area (Å²) in [6.45, 7) is 5.38. The van der Waals surface area contributed by atoms with Crippen LogP contribution in [0.15, 0.2) is 36.4 Å². The molecule has 0 saturated carbocycles. The van der Waals surface area contributed by atoms with E-state index in [-0.39, 0.29) is 11.5 Å². The van der Waals surface area contributed by atoms with Crippen LogP contribution in [0.4, 0.5) is 8.78 Å². The maximum absolute atomic E-state index is 14.4. The van der Waals surface area contributed by atoms with Crippen molar-refractivity contribution in [2.24, 2.45) is 0 Å². The Labute approximate surface area is 180 Å². The second kappa shape index (κ2) is 14.0. The number of benzene rings is 2. The highest BCUT2D eigenvalue weighted by molar-refractivity contribution is 5.65. The topological polar surface area (TPSA) is 18.5 Å². The number of unbranched alkanes of at least 4 members (excludes halogenated alkanes) is 8. The van der Waals surface area contributed by atoms with E-state index in [0.717, 1.165) is 25.7 Å². The van der Waals surface area contributed by atoms with Crippen LogP contribution in [0.3, 0.4) is 0 Å². The van der Waals surface area contributed by atoms with Crippen LogP contribution in [-0.2, 0) is 0 Å². The first-order chi connectivity index (χ1) is 14.7. The van der Waals surface area contributed by atoms with E-state index in [1.54, 1.807) is 24.3 Å². The molecule has 30 heavy (non-hydrogen) atoms. The van der Waals surface area contributed by atoms with Crippen LogP contribution in [0.2, 0.25) is 0 Å². The molecule has 0 aliphatic rings. The maximum atomic E-state index is 14.4. The molecule has 0 saturated heterocycles. The Morgan fingerprint density at radius 3 is 1.33 bits per heavy atom. The van der Waals surface area contributed by atoms with Gasteiger partial charge in [0.15, 0.2) is 23.1 Å². The van der Waals surface area contributed by atoms with Crippen molar-refractivity contribution in [2.45, 2.75) is 78.1 Å². The van der Waals surface area contributed by atoms with E-state index in [4.69, 9.17) is 9.47 Å². The molecule has 0 fully saturated rings. The molecule has 0 aromatic heterocycles. The molecule has 166 valence electrons. The van der Waals surface area contributed by atoms with Gasteiger partial charge in [0.25, 0.3) is 0 Å². The van der Waals surface area contributed by atoms with Crippen molar-refractivity contribution in [3.8, 4) is 22.6 Å². The summed E-state index contributed by atoms with van der Waals surface area (Å²) < 4.78 is 39.9. The molecular formula is C26H36F2O2. The summed E-state index contributed by atoms with van der Waals surface area (Å²) in [5.41, 5.74) is 1.24. The molecule has 0 bridgehead atoms. The summed E-state index contributed by atoms with van der Waals surface area (Å²) in [4.78, 5) is 0. The number of rotatable bonds is 15. The number of halogens is 2. The molecule has 0 spiro atoms. The van der Waals surface area contributed by atoms with Gasteiger partial charge < -0.3 is 9.47 Å². The average Bonchev–Trinajstić information content (AvgIpc) is 2.75. The molecule has 0 aliphatic carbocycles. The van der Waals surface area contributed by atoms with Crippen molar-refractivity contribution in [2.75, 3.05) is 13.2 Å². The molecule has 0 atom stereocenters. The summed E-state index contributed by atoms with van der Waals surface area (Å²) in [6, 6.07) is 9.56. The molecule has 0 N–H and O–H groups in total. The Morgan fingerprint density at radius 1 is 0.567 bits per heavy atom. The van der Waals surface area contributed by atoms with Gasteiger partial charge in [0, 0.05) is 0 Å². The molecular weight excluding hydrogens is 382 g/mol. The lowest BCUT2D eigenvalue weighted by Gasteiger charge is -2.11. The number of hydrogen-bond donors (Lipinski definition) is 0. The Hall–Kier alpha value is -2.10. The van der Waals surface area contributed by atoms with Crippen molar-refractivity contribution in [1.29, 1.82) is 0 Å². The van der Waals surface area contributed by atoms with E-state index in [0.29, 0.717) is 24.3 Å². The normalized spacial score (nSPS) is 10.9. The summed E-state index contributed by atoms with van der Waals surface area (Å²) in [7, 11) is 0. The van der Waals surface area contributed by atoms with Gasteiger partial charge in [0.2, 0.25) is 0 Å². The Bertz CT molecular complexity index is 682. The lowest BCUT2D eigenvalue weighted by atomic mass is 10.0. The SMILES string of the molecule is CCCCCCCOc1ccc(-c2ccc(OCCCCCCC)c(F)c2)cc1F. The fourth-order valence-electron chi connectivity index (χ4n) is 3.37. The van der Waals surface area contributed by atoms with Crippen molar-refractivity contribution in [3.05, 3.63) is 48.0 Å². The minimum absolute atomic E-state index is 0.248. The molecule has 2 rings (SSSR count). The molecule has 0 radical (unpaired) electrons. The third kappa shape index (κ3) is 8.33. The van der Waals surface area contributed by atoms with Crippen LogP contribution >= 0.6 is 0 Å². The van der Waals surface area contributed by atoms with Gasteiger partial charge in [-0.15, -0.1) is 0 Å². The van der Waals surface area contributed by atoms with Crippen LogP contribution in [-0.4, -0.2) is 13.2 Å². The van der Waals surface area contributed by atoms with Crippen LogP contribution < -0.4 is 9.47 Å². The summed E-state index contributed by atoms with van der Waals surface area (Å²) >= 11 is 0. The Balaban J connectivity index is 1.86. The zero-order valence-electron chi connectivity index (χ0n) is 18.5. The van der Waals surface area contributed by atoms with E-state index >= 15 is 0 Å². The van der Waals surface area contributed by atoms with Gasteiger partial charge in [-0.25, -0.2) is 8.78 Å². The lowest BCUT2D eigenvalue weighted by molar-refractivity contribution is 0.290. The van der Waals surface area contributed by atoms with E-state index in [1.165, 1.54) is 50.7 Å². The van der Waals surface area contributed by atoms with Gasteiger partial charge in [-0.3, -0.25) is 0 Å². The molecule has 4 heteroatoms. The van der Waals surface area contributed by atoms with Crippen LogP contribution in [0.25, 0.3) is 11.1 Å². The van der Waals surface area contributed by atoms with Crippen molar-refractivity contribution in [3.63, 3.8) is 0 Å². The van der Waals surface area contributed by atoms with Gasteiger partial charge in [-0.1, -0.05) is 77.3 Å². The minimum Gasteiger partial charge on any atom is -0.491 e. The zero-order chi connectivity index (χ0) is 21.6. The molecule has 2 nitrogen and oxygen atoms in total. The quantitative estimate of drug-likeness (QED) is 0.271. The van der Waals surface area contributed by atoms with E-state index < -0.39 is 11.6 Å². The predicted molar refractivity (Wildman–Crippen MR) is 120 cm³/mol. The minimum atomic E-state index is -0.422. The van der Waals surface area contributed by atoms with Crippen LogP contribution in [0.5, 0.6) is 11.5 Å². The standard InChI is InChI=1S/C26H36F2O2/c1-3-5-7-9-11-17-29-25-15-13-21(19-23(25)27)22-14-16-26(24(28)20-22)30-18-12-10-8-6-4-2/h13-16,19-20H,3-12,17-18H2,1-2H3. The van der Waals surface area contributed by atoms with Crippen molar-refractivity contribution in [1.82, 2.24) is 0 Å². The first kappa shape index (κ1) is 24.2. The lowest BCUT2D eigenvalue weighted by Crippen LogP contribution is -2.00. The van der Waals surface area contributed by atoms with Gasteiger partial charge in [0.1, 0.15) is 0 Å². The molecule has 2 aromatic rings. The number of ether oxygens (including phenoxy) is 2. The summed E-state index contributed by atoms with van der Waals surface area (Å²) in [6.07, 6.45) is 11.3. The van der Waals surface area contributed by atoms with Gasteiger partial charge in [-0.2, -0.15) is 0 Å². The highest BCUT2D eigenvalue weighted by atomic mass is 19.1. The van der Waals surface area contributed by atoms with E-state index in [2.05, 4.69) is 13.8 Å². The second-order valence-corrected chi connectivity index (χ2v) is 7.82. The fraction of sp³-hybridized carbons (Fsp3) is 0.538. The highest BCUT2D eigenvalue weighted by Gasteiger charge is 2.10. The van der Waals surface area contributed by atoms with E-state index in [9.17, 15) is 8.78 Å². The number of hydrogen-bond acceptors (Lipinski definition) is 2. The van der Waals surface area contributed by atoms with Gasteiger partial charge in [-0.05, 0) is 48.2 Å². The monoisotopic (exact) mass is 418 g/mol. The van der Waals surface area contributed by atoms with E-state index in [1.807, 2.05) is 0 Å². The molecule has 0 amide bonds. The summed E-state index contributed by atoms with van der Waals surface area (Å²) in [5.74, 6) is -0.349. The smallest absolute Gasteiger partial charge is 0.165 e. The van der Waals surface area contributed by atoms with Crippen LogP contribution in [0, 0.1) is 11.6 Å². The van der Waals surface area contributed by atoms with Gasteiger partial charge in [0.05, 0.1) is 13.2 Å². The molecule has 0 unspecified atom stereocenters. The molecule has 0 heterocycles. The first-order valence-electron chi connectivity index (χ1n) is 11.5. The molecule has 2 aromatic carbocycles. The predicted octanol–water partition coefficient (Wildman–Crippen LogP) is 8.33. The Kier molecular flexibility index (Phi) is 11.3. The second-order valence-electron chi connectivity index (χ2n) is 7.82. The molecule has 0 aliphatic heterocycles. The van der Waals surface area contributed by atoms with Gasteiger partial charge >= 0.3 is 0 Å². The van der Waals surface area contributed by atoms with Crippen LogP contribution in [0.1, 0.15) is 78.1 Å². The van der Waals surface area contributed by atoms with Crippen molar-refractivity contribution < 1.29 is 18.3 Å². The summed E-state index contributed by atoms with van der Waals surface area (Å²) in [5, 5.41) is 0. The van der Waals surface area contributed by atoms with Crippen molar-refractivity contribution >= 4 is 0 Å². The first-order valence-corrected chi connectivity index (χ1v) is 11.5. The largest absolute Gasteiger partial charge is 0.491 e. The highest BCUT2D eigenvalue weighted by Crippen LogP contribution is 2.29. The average molecular weight is 419 g/mol. The fourth-order valence-corrected chi connectivity index (χ4v) is 3.37. The zero-order valence-corrected chi connectivity index (χ0v) is 18.5. The maximum Gasteiger partial charge on any atom is 0.165 e. The third-order valence-corrected chi connectivity index (χ3v) is 5.21. The third-order valence-electron chi connectivity index (χ3n) is 5.21.